The van der Waals surface area contributed by atoms with E-state index in [0.29, 0.717) is 12.8 Å². The van der Waals surface area contributed by atoms with Crippen molar-refractivity contribution in [1.82, 2.24) is 4.90 Å². The lowest BCUT2D eigenvalue weighted by Crippen LogP contribution is -2.39. The van der Waals surface area contributed by atoms with E-state index in [1.165, 1.54) is 12.1 Å². The van der Waals surface area contributed by atoms with Crippen molar-refractivity contribution in [1.29, 1.82) is 0 Å². The predicted octanol–water partition coefficient (Wildman–Crippen LogP) is 2.96. The monoisotopic (exact) mass is 354 g/mol. The summed E-state index contributed by atoms with van der Waals surface area (Å²) in [4.78, 5) is 37.6. The van der Waals surface area contributed by atoms with E-state index in [-0.39, 0.29) is 18.0 Å². The van der Waals surface area contributed by atoms with Gasteiger partial charge in [-0.2, -0.15) is 13.2 Å². The normalized spacial score (nSPS) is 19.7. The van der Waals surface area contributed by atoms with Crippen LogP contribution in [0.1, 0.15) is 37.7 Å². The zero-order valence-electron chi connectivity index (χ0n) is 13.4. The van der Waals surface area contributed by atoms with Gasteiger partial charge in [-0.05, 0) is 31.0 Å². The molecule has 1 aliphatic carbocycles. The van der Waals surface area contributed by atoms with E-state index in [9.17, 15) is 27.6 Å². The quantitative estimate of drug-likeness (QED) is 0.849. The summed E-state index contributed by atoms with van der Waals surface area (Å²) < 4.78 is 38.1. The Morgan fingerprint density at radius 1 is 1.20 bits per heavy atom. The van der Waals surface area contributed by atoms with Crippen LogP contribution < -0.4 is 5.32 Å². The molecule has 0 radical (unpaired) electrons. The summed E-state index contributed by atoms with van der Waals surface area (Å²) in [7, 11) is 0. The smallest absolute Gasteiger partial charge is 0.325 e. The maximum Gasteiger partial charge on any atom is 0.416 e. The molecule has 0 unspecified atom stereocenters. The van der Waals surface area contributed by atoms with Gasteiger partial charge in [0.15, 0.2) is 0 Å². The van der Waals surface area contributed by atoms with Gasteiger partial charge in [0.05, 0.1) is 11.0 Å². The largest absolute Gasteiger partial charge is 0.416 e. The Balaban J connectivity index is 1.67. The number of halogens is 3. The SMILES string of the molecule is O=C(CN1C(=O)CC2(CCCC2)C1=O)Nc1cccc(C(F)(F)F)c1. The van der Waals surface area contributed by atoms with E-state index in [2.05, 4.69) is 5.32 Å². The number of carbonyl (C=O) groups excluding carboxylic acids is 3. The molecule has 1 aromatic rings. The standard InChI is InChI=1S/C17H17F3N2O3/c18-17(19,20)11-4-3-5-12(8-11)21-13(23)10-22-14(24)9-16(15(22)25)6-1-2-7-16/h3-5,8H,1-2,6-7,9-10H2,(H,21,23). The van der Waals surface area contributed by atoms with Gasteiger partial charge in [0.25, 0.3) is 0 Å². The Hall–Kier alpha value is -2.38. The number of nitrogens with one attached hydrogen (secondary N) is 1. The molecule has 2 aliphatic rings. The lowest BCUT2D eigenvalue weighted by molar-refractivity contribution is -0.143. The molecule has 1 saturated carbocycles. The second-order valence-corrected chi connectivity index (χ2v) is 6.58. The molecule has 134 valence electrons. The number of imide groups is 1. The fraction of sp³-hybridized carbons (Fsp3) is 0.471. The highest BCUT2D eigenvalue weighted by Gasteiger charge is 2.52. The van der Waals surface area contributed by atoms with Crippen molar-refractivity contribution in [3.05, 3.63) is 29.8 Å². The summed E-state index contributed by atoms with van der Waals surface area (Å²) in [5.74, 6) is -1.43. The van der Waals surface area contributed by atoms with E-state index >= 15 is 0 Å². The van der Waals surface area contributed by atoms with E-state index in [1.54, 1.807) is 0 Å². The molecule has 1 N–H and O–H groups in total. The van der Waals surface area contributed by atoms with Gasteiger partial charge < -0.3 is 5.32 Å². The number of amides is 3. The number of hydrogen-bond acceptors (Lipinski definition) is 3. The maximum atomic E-state index is 12.7. The molecule has 3 amide bonds. The second-order valence-electron chi connectivity index (χ2n) is 6.58. The van der Waals surface area contributed by atoms with Gasteiger partial charge in [-0.3, -0.25) is 19.3 Å². The second kappa shape index (κ2) is 6.16. The lowest BCUT2D eigenvalue weighted by atomic mass is 9.84. The fourth-order valence-electron chi connectivity index (χ4n) is 3.58. The van der Waals surface area contributed by atoms with Crippen LogP contribution in [-0.4, -0.2) is 29.2 Å². The van der Waals surface area contributed by atoms with Crippen LogP contribution in [0.3, 0.4) is 0 Å². The van der Waals surface area contributed by atoms with Gasteiger partial charge in [-0.1, -0.05) is 18.9 Å². The Bertz CT molecular complexity index is 724. The fourth-order valence-corrected chi connectivity index (χ4v) is 3.58. The maximum absolute atomic E-state index is 12.7. The number of benzene rings is 1. The highest BCUT2D eigenvalue weighted by Crippen LogP contribution is 2.46. The predicted molar refractivity (Wildman–Crippen MR) is 82.3 cm³/mol. The van der Waals surface area contributed by atoms with E-state index < -0.39 is 35.5 Å². The summed E-state index contributed by atoms with van der Waals surface area (Å²) in [6, 6.07) is 4.20. The molecule has 1 aliphatic heterocycles. The first-order valence-electron chi connectivity index (χ1n) is 8.03. The van der Waals surface area contributed by atoms with Crippen molar-refractivity contribution in [3.63, 3.8) is 0 Å². The van der Waals surface area contributed by atoms with Crippen molar-refractivity contribution >= 4 is 23.4 Å². The first-order chi connectivity index (χ1) is 11.7. The summed E-state index contributed by atoms with van der Waals surface area (Å²) in [5.41, 5.74) is -1.59. The summed E-state index contributed by atoms with van der Waals surface area (Å²) in [6.07, 6.45) is -1.36. The molecule has 1 spiro atoms. The zero-order chi connectivity index (χ0) is 18.2. The molecule has 2 fully saturated rings. The van der Waals surface area contributed by atoms with Crippen LogP contribution in [-0.2, 0) is 20.6 Å². The summed E-state index contributed by atoms with van der Waals surface area (Å²) in [6.45, 7) is -0.477. The topological polar surface area (TPSA) is 66.5 Å². The van der Waals surface area contributed by atoms with Crippen LogP contribution in [0, 0.1) is 5.41 Å². The van der Waals surface area contributed by atoms with Gasteiger partial charge >= 0.3 is 6.18 Å². The van der Waals surface area contributed by atoms with Crippen molar-refractivity contribution in [2.45, 2.75) is 38.3 Å². The number of likely N-dealkylation sites (tertiary alicyclic amines) is 1. The minimum atomic E-state index is -4.52. The van der Waals surface area contributed by atoms with Crippen molar-refractivity contribution < 1.29 is 27.6 Å². The molecule has 25 heavy (non-hydrogen) atoms. The van der Waals surface area contributed by atoms with E-state index in [1.807, 2.05) is 0 Å². The molecule has 3 rings (SSSR count). The molecule has 1 heterocycles. The molecule has 0 bridgehead atoms. The van der Waals surface area contributed by atoms with Crippen LogP contribution >= 0.6 is 0 Å². The highest BCUT2D eigenvalue weighted by molar-refractivity contribution is 6.09. The van der Waals surface area contributed by atoms with Crippen LogP contribution in [0.25, 0.3) is 0 Å². The Labute approximate surface area is 142 Å². The Kier molecular flexibility index (Phi) is 4.30. The molecular weight excluding hydrogens is 337 g/mol. The first-order valence-corrected chi connectivity index (χ1v) is 8.03. The minimum Gasteiger partial charge on any atom is -0.325 e. The van der Waals surface area contributed by atoms with Crippen molar-refractivity contribution in [2.24, 2.45) is 5.41 Å². The molecule has 5 nitrogen and oxygen atoms in total. The van der Waals surface area contributed by atoms with Crippen molar-refractivity contribution in [3.8, 4) is 0 Å². The third kappa shape index (κ3) is 3.38. The van der Waals surface area contributed by atoms with Crippen LogP contribution in [0.15, 0.2) is 24.3 Å². The van der Waals surface area contributed by atoms with Gasteiger partial charge in [0.2, 0.25) is 17.7 Å². The van der Waals surface area contributed by atoms with Crippen LogP contribution in [0.5, 0.6) is 0 Å². The number of alkyl halides is 3. The number of carbonyl (C=O) groups is 3. The highest BCUT2D eigenvalue weighted by atomic mass is 19.4. The number of nitrogens with zero attached hydrogens (tertiary/aromatic N) is 1. The lowest BCUT2D eigenvalue weighted by Gasteiger charge is -2.20. The van der Waals surface area contributed by atoms with Crippen LogP contribution in [0.2, 0.25) is 0 Å². The zero-order valence-corrected chi connectivity index (χ0v) is 13.4. The van der Waals surface area contributed by atoms with Gasteiger partial charge in [-0.25, -0.2) is 0 Å². The van der Waals surface area contributed by atoms with E-state index in [0.717, 1.165) is 29.9 Å². The number of hydrogen-bond donors (Lipinski definition) is 1. The molecular formula is C17H17F3N2O3. The molecule has 8 heteroatoms. The van der Waals surface area contributed by atoms with Gasteiger partial charge in [0.1, 0.15) is 6.54 Å². The molecule has 0 atom stereocenters. The minimum absolute atomic E-state index is 0.0329. The average Bonchev–Trinajstić information content (AvgIpc) is 3.08. The van der Waals surface area contributed by atoms with Crippen LogP contribution in [0.4, 0.5) is 18.9 Å². The number of anilines is 1. The Morgan fingerprint density at radius 3 is 2.52 bits per heavy atom. The summed E-state index contributed by atoms with van der Waals surface area (Å²) >= 11 is 0. The average molecular weight is 354 g/mol. The van der Waals surface area contributed by atoms with Gasteiger partial charge in [0, 0.05) is 12.1 Å². The van der Waals surface area contributed by atoms with Gasteiger partial charge in [-0.15, -0.1) is 0 Å². The van der Waals surface area contributed by atoms with Crippen molar-refractivity contribution in [2.75, 3.05) is 11.9 Å². The molecule has 1 aromatic carbocycles. The third-order valence-corrected chi connectivity index (χ3v) is 4.83. The Morgan fingerprint density at radius 2 is 1.88 bits per heavy atom. The summed E-state index contributed by atoms with van der Waals surface area (Å²) in [5, 5.41) is 2.32. The van der Waals surface area contributed by atoms with E-state index in [4.69, 9.17) is 0 Å². The molecule has 0 aromatic heterocycles. The molecule has 1 saturated heterocycles. The first kappa shape index (κ1) is 17.4. The number of rotatable bonds is 3. The third-order valence-electron chi connectivity index (χ3n) is 4.83.